The molecule has 0 bridgehead atoms. The first-order valence-corrected chi connectivity index (χ1v) is 12.1. The molecule has 1 amide bonds. The van der Waals surface area contributed by atoms with Gasteiger partial charge in [-0.3, -0.25) is 14.5 Å². The molecule has 1 aliphatic heterocycles. The van der Waals surface area contributed by atoms with E-state index in [0.29, 0.717) is 34.7 Å². The Morgan fingerprint density at radius 2 is 1.75 bits per heavy atom. The van der Waals surface area contributed by atoms with Gasteiger partial charge in [-0.05, 0) is 67.4 Å². The molecule has 6 nitrogen and oxygen atoms in total. The number of anilines is 1. The van der Waals surface area contributed by atoms with Crippen LogP contribution in [0.1, 0.15) is 54.5 Å². The molecule has 1 heterocycles. The van der Waals surface area contributed by atoms with Gasteiger partial charge in [0.15, 0.2) is 0 Å². The standard InChI is InChI=1S/C30H28N2O4/c1-3-4-5-17-36-25-15-11-22(12-16-25)28(33)26-27(23-8-6-7-20(2)18-23)32(30(35)29(26)34)24-13-9-21(19-31)10-14-24/h6-16,18,27,33H,3-5,17H2,1-2H3/b28-26-. The average molecular weight is 481 g/mol. The van der Waals surface area contributed by atoms with E-state index in [9.17, 15) is 14.7 Å². The number of carbonyl (C=O) groups excluding carboxylic acids is 2. The number of carbonyl (C=O) groups is 2. The molecule has 0 aliphatic carbocycles. The maximum atomic E-state index is 13.3. The lowest BCUT2D eigenvalue weighted by molar-refractivity contribution is -0.132. The number of ether oxygens (including phenoxy) is 1. The number of nitriles is 1. The van der Waals surface area contributed by atoms with Crippen LogP contribution in [0.2, 0.25) is 0 Å². The summed E-state index contributed by atoms with van der Waals surface area (Å²) in [5, 5.41) is 20.4. The first kappa shape index (κ1) is 24.7. The van der Waals surface area contributed by atoms with E-state index in [1.807, 2.05) is 31.2 Å². The lowest BCUT2D eigenvalue weighted by Gasteiger charge is -2.25. The molecule has 36 heavy (non-hydrogen) atoms. The van der Waals surface area contributed by atoms with E-state index in [1.54, 1.807) is 48.5 Å². The zero-order chi connectivity index (χ0) is 25.7. The molecule has 0 aromatic heterocycles. The number of Topliss-reactive ketones (excluding diaryl/α,β-unsaturated/α-hetero) is 1. The quantitative estimate of drug-likeness (QED) is 0.183. The topological polar surface area (TPSA) is 90.6 Å². The summed E-state index contributed by atoms with van der Waals surface area (Å²) in [6, 6.07) is 22.1. The van der Waals surface area contributed by atoms with Crippen molar-refractivity contribution in [3.8, 4) is 11.8 Å². The minimum atomic E-state index is -0.817. The van der Waals surface area contributed by atoms with Gasteiger partial charge in [-0.15, -0.1) is 0 Å². The van der Waals surface area contributed by atoms with Crippen molar-refractivity contribution in [3.05, 3.63) is 101 Å². The second-order valence-corrected chi connectivity index (χ2v) is 8.82. The number of aliphatic hydroxyl groups is 1. The smallest absolute Gasteiger partial charge is 0.300 e. The fourth-order valence-electron chi connectivity index (χ4n) is 4.36. The Bertz CT molecular complexity index is 1330. The predicted octanol–water partition coefficient (Wildman–Crippen LogP) is 6.06. The van der Waals surface area contributed by atoms with Crippen LogP contribution in [0.4, 0.5) is 5.69 Å². The Morgan fingerprint density at radius 3 is 2.39 bits per heavy atom. The molecule has 3 aromatic carbocycles. The number of rotatable bonds is 8. The van der Waals surface area contributed by atoms with E-state index in [-0.39, 0.29) is 11.3 Å². The third kappa shape index (κ3) is 5.01. The number of ketones is 1. The monoisotopic (exact) mass is 480 g/mol. The molecule has 182 valence electrons. The Hall–Kier alpha value is -4.37. The second kappa shape index (κ2) is 10.9. The highest BCUT2D eigenvalue weighted by atomic mass is 16.5. The first-order chi connectivity index (χ1) is 17.4. The van der Waals surface area contributed by atoms with E-state index in [1.165, 1.54) is 4.90 Å². The molecule has 0 radical (unpaired) electrons. The highest BCUT2D eigenvalue weighted by Gasteiger charge is 2.47. The van der Waals surface area contributed by atoms with Gasteiger partial charge in [-0.1, -0.05) is 49.6 Å². The van der Waals surface area contributed by atoms with E-state index in [0.717, 1.165) is 24.8 Å². The number of unbranched alkanes of at least 4 members (excludes halogenated alkanes) is 2. The van der Waals surface area contributed by atoms with Crippen LogP contribution in [0.25, 0.3) is 5.76 Å². The van der Waals surface area contributed by atoms with Crippen molar-refractivity contribution in [2.24, 2.45) is 0 Å². The van der Waals surface area contributed by atoms with Crippen molar-refractivity contribution >= 4 is 23.1 Å². The molecule has 1 unspecified atom stereocenters. The third-order valence-corrected chi connectivity index (χ3v) is 6.22. The summed E-state index contributed by atoms with van der Waals surface area (Å²) in [5.74, 6) is -1.06. The van der Waals surface area contributed by atoms with Crippen LogP contribution < -0.4 is 9.64 Å². The van der Waals surface area contributed by atoms with Crippen LogP contribution in [0.15, 0.2) is 78.4 Å². The molecule has 4 rings (SSSR count). The minimum Gasteiger partial charge on any atom is -0.507 e. The fourth-order valence-corrected chi connectivity index (χ4v) is 4.36. The van der Waals surface area contributed by atoms with Crippen LogP contribution >= 0.6 is 0 Å². The van der Waals surface area contributed by atoms with Crippen LogP contribution in [0, 0.1) is 18.3 Å². The van der Waals surface area contributed by atoms with Gasteiger partial charge in [-0.2, -0.15) is 5.26 Å². The predicted molar refractivity (Wildman–Crippen MR) is 139 cm³/mol. The average Bonchev–Trinajstić information content (AvgIpc) is 3.17. The third-order valence-electron chi connectivity index (χ3n) is 6.22. The van der Waals surface area contributed by atoms with Gasteiger partial charge in [0, 0.05) is 11.3 Å². The molecule has 3 aromatic rings. The summed E-state index contributed by atoms with van der Waals surface area (Å²) in [6.45, 7) is 4.67. The molecule has 1 N–H and O–H groups in total. The summed E-state index contributed by atoms with van der Waals surface area (Å²) < 4.78 is 5.75. The van der Waals surface area contributed by atoms with E-state index in [2.05, 4.69) is 13.0 Å². The van der Waals surface area contributed by atoms with Crippen molar-refractivity contribution in [2.45, 2.75) is 39.2 Å². The van der Waals surface area contributed by atoms with Gasteiger partial charge in [-0.25, -0.2) is 0 Å². The van der Waals surface area contributed by atoms with E-state index >= 15 is 0 Å². The van der Waals surface area contributed by atoms with Gasteiger partial charge in [0.2, 0.25) is 0 Å². The van der Waals surface area contributed by atoms with E-state index in [4.69, 9.17) is 10.00 Å². The Kier molecular flexibility index (Phi) is 7.50. The summed E-state index contributed by atoms with van der Waals surface area (Å²) in [6.07, 6.45) is 3.17. The van der Waals surface area contributed by atoms with Crippen molar-refractivity contribution < 1.29 is 19.4 Å². The zero-order valence-corrected chi connectivity index (χ0v) is 20.4. The summed E-state index contributed by atoms with van der Waals surface area (Å²) in [7, 11) is 0. The van der Waals surface area contributed by atoms with Gasteiger partial charge >= 0.3 is 0 Å². The van der Waals surface area contributed by atoms with Crippen LogP contribution in [-0.4, -0.2) is 23.4 Å². The first-order valence-electron chi connectivity index (χ1n) is 12.1. The number of hydrogen-bond donors (Lipinski definition) is 1. The summed E-state index contributed by atoms with van der Waals surface area (Å²) >= 11 is 0. The zero-order valence-electron chi connectivity index (χ0n) is 20.4. The number of benzene rings is 3. The highest BCUT2D eigenvalue weighted by Crippen LogP contribution is 2.42. The molecule has 1 atom stereocenters. The maximum absolute atomic E-state index is 13.3. The van der Waals surface area contributed by atoms with Gasteiger partial charge in [0.1, 0.15) is 11.5 Å². The molecular weight excluding hydrogens is 452 g/mol. The van der Waals surface area contributed by atoms with Crippen LogP contribution in [0.3, 0.4) is 0 Å². The SMILES string of the molecule is CCCCCOc1ccc(/C(O)=C2/C(=O)C(=O)N(c3ccc(C#N)cc3)C2c2cccc(C)c2)cc1. The molecule has 1 fully saturated rings. The van der Waals surface area contributed by atoms with Gasteiger partial charge in [0.05, 0.1) is 29.9 Å². The number of hydrogen-bond acceptors (Lipinski definition) is 5. The fraction of sp³-hybridized carbons (Fsp3) is 0.233. The Labute approximate surface area is 211 Å². The molecule has 0 spiro atoms. The molecule has 6 heteroatoms. The number of nitrogens with zero attached hydrogens (tertiary/aromatic N) is 2. The second-order valence-electron chi connectivity index (χ2n) is 8.82. The van der Waals surface area contributed by atoms with E-state index < -0.39 is 17.7 Å². The molecule has 1 saturated heterocycles. The number of amides is 1. The number of aliphatic hydroxyl groups excluding tert-OH is 1. The van der Waals surface area contributed by atoms with Crippen molar-refractivity contribution in [1.29, 1.82) is 5.26 Å². The lowest BCUT2D eigenvalue weighted by Crippen LogP contribution is -2.29. The highest BCUT2D eigenvalue weighted by molar-refractivity contribution is 6.51. The maximum Gasteiger partial charge on any atom is 0.300 e. The Balaban J connectivity index is 1.76. The van der Waals surface area contributed by atoms with Crippen LogP contribution in [0.5, 0.6) is 5.75 Å². The normalized spacial score (nSPS) is 16.7. The summed E-state index contributed by atoms with van der Waals surface area (Å²) in [5.41, 5.74) is 3.02. The molecular formula is C30H28N2O4. The van der Waals surface area contributed by atoms with Gasteiger partial charge in [0.25, 0.3) is 11.7 Å². The molecule has 0 saturated carbocycles. The van der Waals surface area contributed by atoms with Crippen molar-refractivity contribution in [2.75, 3.05) is 11.5 Å². The van der Waals surface area contributed by atoms with Gasteiger partial charge < -0.3 is 9.84 Å². The minimum absolute atomic E-state index is 0.0200. The Morgan fingerprint density at radius 1 is 1.03 bits per heavy atom. The van der Waals surface area contributed by atoms with Crippen molar-refractivity contribution in [3.63, 3.8) is 0 Å². The van der Waals surface area contributed by atoms with Crippen molar-refractivity contribution in [1.82, 2.24) is 0 Å². The molecule has 1 aliphatic rings. The lowest BCUT2D eigenvalue weighted by atomic mass is 9.94. The largest absolute Gasteiger partial charge is 0.507 e. The van der Waals surface area contributed by atoms with Crippen LogP contribution in [-0.2, 0) is 9.59 Å². The number of aryl methyl sites for hydroxylation is 1. The summed E-state index contributed by atoms with van der Waals surface area (Å²) in [4.78, 5) is 27.9.